The third kappa shape index (κ3) is 3.90. The molecule has 0 aliphatic carbocycles. The highest BCUT2D eigenvalue weighted by Crippen LogP contribution is 2.24. The van der Waals surface area contributed by atoms with E-state index in [2.05, 4.69) is 26.5 Å². The minimum absolute atomic E-state index is 0.0174. The molecule has 2 atom stereocenters. The Balaban J connectivity index is 1.33. The summed E-state index contributed by atoms with van der Waals surface area (Å²) in [6.07, 6.45) is 6.43. The minimum Gasteiger partial charge on any atom is -0.355 e. The third-order valence-electron chi connectivity index (χ3n) is 5.44. The third-order valence-corrected chi connectivity index (χ3v) is 5.64. The average molecular weight is 392 g/mol. The molecule has 2 aliphatic rings. The fourth-order valence-electron chi connectivity index (χ4n) is 4.12. The highest BCUT2D eigenvalue weighted by atomic mass is 35.5. The van der Waals surface area contributed by atoms with Crippen LogP contribution in [0, 0.1) is 6.92 Å². The van der Waals surface area contributed by atoms with E-state index in [1.54, 1.807) is 6.20 Å². The molecule has 2 fully saturated rings. The van der Waals surface area contributed by atoms with E-state index in [-0.39, 0.29) is 18.1 Å². The van der Waals surface area contributed by atoms with Crippen molar-refractivity contribution in [1.82, 2.24) is 29.8 Å². The Morgan fingerprint density at radius 1 is 1.30 bits per heavy atom. The van der Waals surface area contributed by atoms with Crippen LogP contribution >= 0.6 is 11.6 Å². The Bertz CT molecular complexity index is 816. The lowest BCUT2D eigenvalue weighted by molar-refractivity contribution is 0.200. The molecule has 2 aliphatic heterocycles. The fraction of sp³-hybridized carbons (Fsp3) is 0.611. The number of carbonyl (C=O) groups is 1. The van der Waals surface area contributed by atoms with Crippen molar-refractivity contribution >= 4 is 23.4 Å². The van der Waals surface area contributed by atoms with Gasteiger partial charge in [-0.3, -0.25) is 9.36 Å². The number of aromatic nitrogens is 4. The second-order valence-electron chi connectivity index (χ2n) is 7.53. The van der Waals surface area contributed by atoms with Crippen LogP contribution in [0.2, 0.25) is 5.02 Å². The van der Waals surface area contributed by atoms with E-state index in [0.29, 0.717) is 11.6 Å². The standard InChI is InChI=1S/C18H26ClN7O/c1-13-8-17(23(2)22-13)24-6-3-4-15(11-24)21-18(27)25-7-5-16(12-25)26-10-14(19)9-20-26/h8-10,15-16H,3-7,11-12H2,1-2H3,(H,21,27). The molecule has 0 aromatic carbocycles. The van der Waals surface area contributed by atoms with Gasteiger partial charge in [0.15, 0.2) is 0 Å². The van der Waals surface area contributed by atoms with Gasteiger partial charge < -0.3 is 15.1 Å². The van der Waals surface area contributed by atoms with Gasteiger partial charge in [-0.25, -0.2) is 4.79 Å². The molecule has 0 saturated carbocycles. The normalized spacial score (nSPS) is 23.1. The number of anilines is 1. The molecule has 9 heteroatoms. The van der Waals surface area contributed by atoms with Crippen LogP contribution in [0.25, 0.3) is 0 Å². The number of hydrogen-bond acceptors (Lipinski definition) is 4. The topological polar surface area (TPSA) is 71.2 Å². The van der Waals surface area contributed by atoms with Crippen LogP contribution in [0.15, 0.2) is 18.5 Å². The Morgan fingerprint density at radius 3 is 2.85 bits per heavy atom. The number of amides is 2. The number of rotatable bonds is 3. The Morgan fingerprint density at radius 2 is 2.15 bits per heavy atom. The van der Waals surface area contributed by atoms with Crippen molar-refractivity contribution in [3.05, 3.63) is 29.2 Å². The van der Waals surface area contributed by atoms with Gasteiger partial charge in [0.25, 0.3) is 0 Å². The molecule has 4 heterocycles. The Kier molecular flexibility index (Phi) is 4.99. The number of likely N-dealkylation sites (tertiary alicyclic amines) is 1. The molecule has 2 aromatic heterocycles. The van der Waals surface area contributed by atoms with Crippen LogP contribution in [-0.2, 0) is 7.05 Å². The van der Waals surface area contributed by atoms with Gasteiger partial charge >= 0.3 is 6.03 Å². The van der Waals surface area contributed by atoms with Crippen molar-refractivity contribution in [2.24, 2.45) is 7.05 Å². The molecule has 0 bridgehead atoms. The number of piperidine rings is 1. The molecule has 146 valence electrons. The average Bonchev–Trinajstić information content (AvgIpc) is 3.35. The van der Waals surface area contributed by atoms with Crippen molar-refractivity contribution in [1.29, 1.82) is 0 Å². The molecule has 1 N–H and O–H groups in total. The Hall–Kier alpha value is -2.22. The summed E-state index contributed by atoms with van der Waals surface area (Å²) in [7, 11) is 1.97. The van der Waals surface area contributed by atoms with Gasteiger partial charge in [0.05, 0.1) is 23.0 Å². The highest BCUT2D eigenvalue weighted by Gasteiger charge is 2.30. The number of aryl methyl sites for hydroxylation is 2. The summed E-state index contributed by atoms with van der Waals surface area (Å²) >= 11 is 5.96. The van der Waals surface area contributed by atoms with Crippen LogP contribution in [0.5, 0.6) is 0 Å². The highest BCUT2D eigenvalue weighted by molar-refractivity contribution is 6.30. The second kappa shape index (κ2) is 7.42. The van der Waals surface area contributed by atoms with Crippen molar-refractivity contribution in [2.45, 2.75) is 38.3 Å². The second-order valence-corrected chi connectivity index (χ2v) is 7.97. The zero-order valence-corrected chi connectivity index (χ0v) is 16.6. The molecule has 0 radical (unpaired) electrons. The van der Waals surface area contributed by atoms with Crippen molar-refractivity contribution in [2.75, 3.05) is 31.1 Å². The minimum atomic E-state index is 0.0174. The molecule has 8 nitrogen and oxygen atoms in total. The smallest absolute Gasteiger partial charge is 0.317 e. The quantitative estimate of drug-likeness (QED) is 0.870. The van der Waals surface area contributed by atoms with Gasteiger partial charge in [-0.1, -0.05) is 11.6 Å². The molecule has 27 heavy (non-hydrogen) atoms. The zero-order valence-electron chi connectivity index (χ0n) is 15.8. The van der Waals surface area contributed by atoms with E-state index in [9.17, 15) is 4.79 Å². The molecule has 4 rings (SSSR count). The maximum atomic E-state index is 12.7. The van der Waals surface area contributed by atoms with Crippen LogP contribution in [0.3, 0.4) is 0 Å². The van der Waals surface area contributed by atoms with E-state index in [4.69, 9.17) is 11.6 Å². The first-order chi connectivity index (χ1) is 13.0. The summed E-state index contributed by atoms with van der Waals surface area (Å²) in [5, 5.41) is 12.6. The van der Waals surface area contributed by atoms with Gasteiger partial charge in [0.2, 0.25) is 0 Å². The fourth-order valence-corrected chi connectivity index (χ4v) is 4.26. The van der Waals surface area contributed by atoms with Crippen LogP contribution < -0.4 is 10.2 Å². The van der Waals surface area contributed by atoms with E-state index in [0.717, 1.165) is 50.4 Å². The summed E-state index contributed by atoms with van der Waals surface area (Å²) < 4.78 is 3.78. The lowest BCUT2D eigenvalue weighted by Crippen LogP contribution is -2.51. The predicted octanol–water partition coefficient (Wildman–Crippen LogP) is 2.20. The van der Waals surface area contributed by atoms with Crippen LogP contribution in [-0.4, -0.2) is 62.7 Å². The number of carbonyl (C=O) groups excluding carboxylic acids is 1. The SMILES string of the molecule is Cc1cc(N2CCCC(NC(=O)N3CCC(n4cc(Cl)cn4)C3)C2)n(C)n1. The molecular weight excluding hydrogens is 366 g/mol. The number of halogens is 1. The summed E-state index contributed by atoms with van der Waals surface area (Å²) in [5.41, 5.74) is 1.01. The van der Waals surface area contributed by atoms with Gasteiger partial charge in [0.1, 0.15) is 5.82 Å². The maximum Gasteiger partial charge on any atom is 0.317 e. The lowest BCUT2D eigenvalue weighted by Gasteiger charge is -2.35. The van der Waals surface area contributed by atoms with Gasteiger partial charge in [-0.2, -0.15) is 10.2 Å². The van der Waals surface area contributed by atoms with Gasteiger partial charge in [0, 0.05) is 51.5 Å². The molecule has 0 spiro atoms. The summed E-state index contributed by atoms with van der Waals surface area (Å²) in [6, 6.07) is 2.47. The number of urea groups is 1. The van der Waals surface area contributed by atoms with E-state index in [1.165, 1.54) is 0 Å². The van der Waals surface area contributed by atoms with Crippen molar-refractivity contribution in [3.63, 3.8) is 0 Å². The molecule has 2 saturated heterocycles. The first-order valence-corrected chi connectivity index (χ1v) is 9.88. The molecular formula is C18H26ClN7O. The number of hydrogen-bond donors (Lipinski definition) is 1. The first-order valence-electron chi connectivity index (χ1n) is 9.50. The number of nitrogens with one attached hydrogen (secondary N) is 1. The van der Waals surface area contributed by atoms with E-state index in [1.807, 2.05) is 34.4 Å². The first kappa shape index (κ1) is 18.2. The van der Waals surface area contributed by atoms with Crippen LogP contribution in [0.4, 0.5) is 10.6 Å². The molecule has 2 amide bonds. The molecule has 2 aromatic rings. The summed E-state index contributed by atoms with van der Waals surface area (Å²) in [5.74, 6) is 1.11. The van der Waals surface area contributed by atoms with Crippen molar-refractivity contribution < 1.29 is 4.79 Å². The van der Waals surface area contributed by atoms with Gasteiger partial charge in [-0.15, -0.1) is 0 Å². The zero-order chi connectivity index (χ0) is 19.0. The Labute approximate surface area is 164 Å². The van der Waals surface area contributed by atoms with E-state index >= 15 is 0 Å². The summed E-state index contributed by atoms with van der Waals surface area (Å²) in [6.45, 7) is 5.23. The predicted molar refractivity (Wildman–Crippen MR) is 104 cm³/mol. The maximum absolute atomic E-state index is 12.7. The monoisotopic (exact) mass is 391 g/mol. The number of nitrogens with zero attached hydrogens (tertiary/aromatic N) is 6. The summed E-state index contributed by atoms with van der Waals surface area (Å²) in [4.78, 5) is 16.9. The van der Waals surface area contributed by atoms with Gasteiger partial charge in [-0.05, 0) is 26.2 Å². The van der Waals surface area contributed by atoms with Crippen molar-refractivity contribution in [3.8, 4) is 0 Å². The largest absolute Gasteiger partial charge is 0.355 e. The molecule has 2 unspecified atom stereocenters. The van der Waals surface area contributed by atoms with E-state index < -0.39 is 0 Å². The lowest BCUT2D eigenvalue weighted by atomic mass is 10.1. The van der Waals surface area contributed by atoms with Crippen LogP contribution in [0.1, 0.15) is 31.0 Å².